The molecule has 1 aromatic heterocycles. The normalized spacial score (nSPS) is 13.1. The van der Waals surface area contributed by atoms with Gasteiger partial charge >= 0.3 is 6.09 Å². The number of nitrogens with zero attached hydrogens (tertiary/aromatic N) is 3. The summed E-state index contributed by atoms with van der Waals surface area (Å²) in [7, 11) is 1.40. The predicted octanol–water partition coefficient (Wildman–Crippen LogP) is 2.57. The number of benzene rings is 1. The molecule has 1 aromatic carbocycles. The van der Waals surface area contributed by atoms with Gasteiger partial charge in [-0.2, -0.15) is 0 Å². The molecule has 0 saturated carbocycles. The van der Waals surface area contributed by atoms with Crippen molar-refractivity contribution in [3.8, 4) is 0 Å². The van der Waals surface area contributed by atoms with Gasteiger partial charge in [0.15, 0.2) is 0 Å². The number of anilines is 2. The van der Waals surface area contributed by atoms with E-state index in [2.05, 4.69) is 27.0 Å². The van der Waals surface area contributed by atoms with Crippen molar-refractivity contribution in [2.45, 2.75) is 19.9 Å². The number of imidazole rings is 1. The molecule has 6 nitrogen and oxygen atoms in total. The maximum atomic E-state index is 11.9. The van der Waals surface area contributed by atoms with Crippen molar-refractivity contribution in [2.75, 3.05) is 30.0 Å². The number of amides is 1. The summed E-state index contributed by atoms with van der Waals surface area (Å²) in [5.41, 5.74) is 4.35. The zero-order valence-electron chi connectivity index (χ0n) is 12.9. The van der Waals surface area contributed by atoms with Crippen LogP contribution in [-0.4, -0.2) is 36.3 Å². The third-order valence-electron chi connectivity index (χ3n) is 3.99. The third-order valence-corrected chi connectivity index (χ3v) is 3.99. The van der Waals surface area contributed by atoms with E-state index in [-0.39, 0.29) is 6.09 Å². The van der Waals surface area contributed by atoms with Gasteiger partial charge in [0.25, 0.3) is 0 Å². The minimum Gasteiger partial charge on any atom is -0.452 e. The smallest absolute Gasteiger partial charge is 0.413 e. The van der Waals surface area contributed by atoms with Crippen molar-refractivity contribution in [2.24, 2.45) is 0 Å². The predicted molar refractivity (Wildman–Crippen MR) is 85.2 cm³/mol. The van der Waals surface area contributed by atoms with Crippen LogP contribution in [0.2, 0.25) is 0 Å². The van der Waals surface area contributed by atoms with Gasteiger partial charge < -0.3 is 14.6 Å². The summed E-state index contributed by atoms with van der Waals surface area (Å²) in [6, 6.07) is 6.15. The van der Waals surface area contributed by atoms with Crippen molar-refractivity contribution >= 4 is 17.5 Å². The first-order valence-electron chi connectivity index (χ1n) is 7.44. The molecule has 1 amide bonds. The zero-order chi connectivity index (χ0) is 15.5. The molecule has 1 aliphatic heterocycles. The number of fused-ring (bicyclic) bond motifs is 1. The Morgan fingerprint density at radius 1 is 1.50 bits per heavy atom. The molecule has 0 aliphatic carbocycles. The van der Waals surface area contributed by atoms with Crippen LogP contribution in [0.25, 0.3) is 0 Å². The summed E-state index contributed by atoms with van der Waals surface area (Å²) in [6.45, 7) is 4.25. The fourth-order valence-corrected chi connectivity index (χ4v) is 2.87. The Labute approximate surface area is 129 Å². The lowest BCUT2D eigenvalue weighted by Crippen LogP contribution is -2.30. The number of aromatic amines is 1. The summed E-state index contributed by atoms with van der Waals surface area (Å²) in [6.07, 6.45) is 4.29. The number of nitrogens with one attached hydrogen (secondary N) is 1. The van der Waals surface area contributed by atoms with Gasteiger partial charge in [0.2, 0.25) is 0 Å². The highest BCUT2D eigenvalue weighted by molar-refractivity contribution is 5.88. The minimum atomic E-state index is -0.334. The average Bonchev–Trinajstić information content (AvgIpc) is 3.18. The van der Waals surface area contributed by atoms with Gasteiger partial charge in [0.1, 0.15) is 0 Å². The number of aromatic nitrogens is 2. The van der Waals surface area contributed by atoms with Crippen molar-refractivity contribution in [3.05, 3.63) is 42.0 Å². The number of hydrogen-bond donors (Lipinski definition) is 1. The standard InChI is InChI=1S/C16H20N4O2/c1-3-20(16(21)22-2)14-5-4-12-6-7-19(15(12)8-14)10-13-9-17-11-18-13/h4-5,8-9,11H,3,6-7,10H2,1-2H3,(H,17,18). The number of carbonyl (C=O) groups excluding carboxylic acids is 1. The molecule has 0 bridgehead atoms. The van der Waals surface area contributed by atoms with Gasteiger partial charge in [-0.25, -0.2) is 9.78 Å². The zero-order valence-corrected chi connectivity index (χ0v) is 12.9. The Hall–Kier alpha value is -2.50. The van der Waals surface area contributed by atoms with Gasteiger partial charge in [0.05, 0.1) is 25.7 Å². The first kappa shape index (κ1) is 14.4. The topological polar surface area (TPSA) is 61.5 Å². The first-order valence-corrected chi connectivity index (χ1v) is 7.44. The molecule has 0 radical (unpaired) electrons. The largest absolute Gasteiger partial charge is 0.452 e. The van der Waals surface area contributed by atoms with E-state index >= 15 is 0 Å². The number of hydrogen-bond acceptors (Lipinski definition) is 4. The molecule has 2 heterocycles. The number of H-pyrrole nitrogens is 1. The van der Waals surface area contributed by atoms with E-state index in [0.717, 1.165) is 30.9 Å². The van der Waals surface area contributed by atoms with E-state index in [1.165, 1.54) is 18.4 Å². The Morgan fingerprint density at radius 3 is 3.05 bits per heavy atom. The van der Waals surface area contributed by atoms with Crippen molar-refractivity contribution < 1.29 is 9.53 Å². The second kappa shape index (κ2) is 6.09. The summed E-state index contributed by atoms with van der Waals surface area (Å²) < 4.78 is 4.85. The Morgan fingerprint density at radius 2 is 2.36 bits per heavy atom. The van der Waals surface area contributed by atoms with E-state index in [1.54, 1.807) is 11.2 Å². The van der Waals surface area contributed by atoms with Crippen LogP contribution in [0.1, 0.15) is 18.2 Å². The lowest BCUT2D eigenvalue weighted by Gasteiger charge is -2.23. The van der Waals surface area contributed by atoms with E-state index in [9.17, 15) is 4.79 Å². The Kier molecular flexibility index (Phi) is 4.00. The lowest BCUT2D eigenvalue weighted by atomic mass is 10.1. The number of ether oxygens (including phenoxy) is 1. The third kappa shape index (κ3) is 2.64. The lowest BCUT2D eigenvalue weighted by molar-refractivity contribution is 0.179. The second-order valence-electron chi connectivity index (χ2n) is 5.26. The molecule has 1 N–H and O–H groups in total. The maximum absolute atomic E-state index is 11.9. The Balaban J connectivity index is 1.87. The summed E-state index contributed by atoms with van der Waals surface area (Å²) in [5, 5.41) is 0. The molecule has 116 valence electrons. The molecular formula is C16H20N4O2. The first-order chi connectivity index (χ1) is 10.7. The average molecular weight is 300 g/mol. The number of rotatable bonds is 4. The van der Waals surface area contributed by atoms with Crippen molar-refractivity contribution in [3.63, 3.8) is 0 Å². The van der Waals surface area contributed by atoms with E-state index in [1.807, 2.05) is 19.2 Å². The van der Waals surface area contributed by atoms with Crippen LogP contribution >= 0.6 is 0 Å². The molecule has 1 aliphatic rings. The van der Waals surface area contributed by atoms with Crippen molar-refractivity contribution in [1.82, 2.24) is 9.97 Å². The van der Waals surface area contributed by atoms with Crippen LogP contribution in [0.5, 0.6) is 0 Å². The van der Waals surface area contributed by atoms with E-state index in [4.69, 9.17) is 4.74 Å². The van der Waals surface area contributed by atoms with Crippen LogP contribution in [0.4, 0.5) is 16.2 Å². The molecule has 0 spiro atoms. The SMILES string of the molecule is CCN(C(=O)OC)c1ccc2c(c1)N(Cc1c[nH]cn1)CC2. The van der Waals surface area contributed by atoms with E-state index in [0.29, 0.717) is 6.54 Å². The summed E-state index contributed by atoms with van der Waals surface area (Å²) in [4.78, 5) is 23.0. The van der Waals surface area contributed by atoms with Crippen LogP contribution in [0, 0.1) is 0 Å². The summed E-state index contributed by atoms with van der Waals surface area (Å²) >= 11 is 0. The fourth-order valence-electron chi connectivity index (χ4n) is 2.87. The molecule has 22 heavy (non-hydrogen) atoms. The highest BCUT2D eigenvalue weighted by atomic mass is 16.5. The maximum Gasteiger partial charge on any atom is 0.413 e. The van der Waals surface area contributed by atoms with Gasteiger partial charge in [-0.1, -0.05) is 6.07 Å². The number of methoxy groups -OCH3 is 1. The van der Waals surface area contributed by atoms with Gasteiger partial charge in [0, 0.05) is 30.7 Å². The molecule has 0 atom stereocenters. The highest BCUT2D eigenvalue weighted by Crippen LogP contribution is 2.33. The van der Waals surface area contributed by atoms with Crippen LogP contribution < -0.4 is 9.80 Å². The number of carbonyl (C=O) groups is 1. The van der Waals surface area contributed by atoms with Gasteiger partial charge in [-0.3, -0.25) is 4.90 Å². The second-order valence-corrected chi connectivity index (χ2v) is 5.26. The summed E-state index contributed by atoms with van der Waals surface area (Å²) in [5.74, 6) is 0. The fraction of sp³-hybridized carbons (Fsp3) is 0.375. The molecule has 0 fully saturated rings. The van der Waals surface area contributed by atoms with Crippen LogP contribution in [-0.2, 0) is 17.7 Å². The van der Waals surface area contributed by atoms with E-state index < -0.39 is 0 Å². The van der Waals surface area contributed by atoms with Crippen LogP contribution in [0.15, 0.2) is 30.7 Å². The van der Waals surface area contributed by atoms with Crippen molar-refractivity contribution in [1.29, 1.82) is 0 Å². The molecular weight excluding hydrogens is 280 g/mol. The van der Waals surface area contributed by atoms with Gasteiger partial charge in [-0.15, -0.1) is 0 Å². The molecule has 0 saturated heterocycles. The molecule has 3 rings (SSSR count). The molecule has 2 aromatic rings. The quantitative estimate of drug-likeness (QED) is 0.942. The molecule has 0 unspecified atom stereocenters. The van der Waals surface area contributed by atoms with Gasteiger partial charge in [-0.05, 0) is 31.0 Å². The monoisotopic (exact) mass is 300 g/mol. The highest BCUT2D eigenvalue weighted by Gasteiger charge is 2.22. The van der Waals surface area contributed by atoms with Crippen LogP contribution in [0.3, 0.4) is 0 Å². The molecule has 6 heteroatoms. The Bertz CT molecular complexity index is 654. The minimum absolute atomic E-state index is 0.334.